The van der Waals surface area contributed by atoms with Crippen molar-refractivity contribution in [1.82, 2.24) is 4.90 Å². The van der Waals surface area contributed by atoms with Crippen molar-refractivity contribution in [2.75, 3.05) is 0 Å². The molecule has 2 aromatic rings. The van der Waals surface area contributed by atoms with Gasteiger partial charge < -0.3 is 10.0 Å². The minimum absolute atomic E-state index is 0.0188. The van der Waals surface area contributed by atoms with E-state index < -0.39 is 23.7 Å². The third kappa shape index (κ3) is 3.11. The maximum atomic E-state index is 14.0. The molecule has 0 aromatic heterocycles. The van der Waals surface area contributed by atoms with Gasteiger partial charge >= 0.3 is 5.97 Å². The van der Waals surface area contributed by atoms with Gasteiger partial charge in [-0.3, -0.25) is 9.59 Å². The molecular formula is C22H22FNO3. The monoisotopic (exact) mass is 367 g/mol. The number of benzene rings is 2. The zero-order chi connectivity index (χ0) is 19.0. The molecule has 2 aliphatic rings. The summed E-state index contributed by atoms with van der Waals surface area (Å²) >= 11 is 0. The normalized spacial score (nSPS) is 23.1. The minimum atomic E-state index is -0.995. The van der Waals surface area contributed by atoms with Crippen molar-refractivity contribution in [1.29, 1.82) is 0 Å². The molecule has 0 radical (unpaired) electrons. The van der Waals surface area contributed by atoms with Gasteiger partial charge in [-0.2, -0.15) is 0 Å². The van der Waals surface area contributed by atoms with E-state index in [1.54, 1.807) is 41.3 Å². The Hall–Kier alpha value is -2.69. The van der Waals surface area contributed by atoms with Crippen molar-refractivity contribution in [2.24, 2.45) is 0 Å². The molecule has 27 heavy (non-hydrogen) atoms. The second-order valence-corrected chi connectivity index (χ2v) is 7.41. The van der Waals surface area contributed by atoms with Gasteiger partial charge in [0.15, 0.2) is 0 Å². The molecule has 0 spiro atoms. The Morgan fingerprint density at radius 1 is 1.04 bits per heavy atom. The maximum Gasteiger partial charge on any atom is 0.313 e. The Morgan fingerprint density at radius 2 is 1.78 bits per heavy atom. The van der Waals surface area contributed by atoms with E-state index in [2.05, 4.69) is 0 Å². The van der Waals surface area contributed by atoms with Crippen LogP contribution in [0.1, 0.15) is 65.5 Å². The highest BCUT2D eigenvalue weighted by Crippen LogP contribution is 2.45. The van der Waals surface area contributed by atoms with Gasteiger partial charge in [0.25, 0.3) is 5.91 Å². The van der Waals surface area contributed by atoms with Crippen molar-refractivity contribution >= 4 is 11.9 Å². The molecule has 1 aliphatic carbocycles. The lowest BCUT2D eigenvalue weighted by Gasteiger charge is -2.46. The van der Waals surface area contributed by atoms with Crippen molar-refractivity contribution in [2.45, 2.75) is 50.1 Å². The molecule has 1 saturated carbocycles. The number of halogens is 1. The summed E-state index contributed by atoms with van der Waals surface area (Å²) in [7, 11) is 0. The number of carbonyl (C=O) groups is 2. The van der Waals surface area contributed by atoms with Crippen LogP contribution in [0.4, 0.5) is 4.39 Å². The Balaban J connectivity index is 1.90. The Morgan fingerprint density at radius 3 is 2.48 bits per heavy atom. The van der Waals surface area contributed by atoms with E-state index >= 15 is 0 Å². The SMILES string of the molecule is O=C(O)[C@@H]1c2ccccc2C(=O)N(C2CCCCC2)[C@@H]1c1cccc(F)c1. The van der Waals surface area contributed by atoms with E-state index in [1.807, 2.05) is 0 Å². The van der Waals surface area contributed by atoms with E-state index in [0.29, 0.717) is 16.7 Å². The second kappa shape index (κ2) is 7.14. The van der Waals surface area contributed by atoms with Crippen LogP contribution in [0.5, 0.6) is 0 Å². The fourth-order valence-electron chi connectivity index (χ4n) is 4.62. The number of carboxylic acids is 1. The number of carbonyl (C=O) groups excluding carboxylic acids is 1. The first-order valence-electron chi connectivity index (χ1n) is 9.48. The third-order valence-corrected chi connectivity index (χ3v) is 5.80. The van der Waals surface area contributed by atoms with Crippen LogP contribution in [-0.2, 0) is 4.79 Å². The molecule has 140 valence electrons. The molecule has 4 rings (SSSR count). The molecule has 0 unspecified atom stereocenters. The highest BCUT2D eigenvalue weighted by molar-refractivity contribution is 6.00. The molecule has 1 aliphatic heterocycles. The Kier molecular flexibility index (Phi) is 4.68. The first kappa shape index (κ1) is 17.7. The summed E-state index contributed by atoms with van der Waals surface area (Å²) in [6.45, 7) is 0. The van der Waals surface area contributed by atoms with Gasteiger partial charge in [-0.15, -0.1) is 0 Å². The number of fused-ring (bicyclic) bond motifs is 1. The zero-order valence-corrected chi connectivity index (χ0v) is 15.0. The van der Waals surface area contributed by atoms with E-state index in [0.717, 1.165) is 32.1 Å². The van der Waals surface area contributed by atoms with Gasteiger partial charge in [0, 0.05) is 11.6 Å². The van der Waals surface area contributed by atoms with Crippen molar-refractivity contribution in [3.05, 3.63) is 71.0 Å². The van der Waals surface area contributed by atoms with Crippen LogP contribution < -0.4 is 0 Å². The Bertz CT molecular complexity index is 875. The topological polar surface area (TPSA) is 57.6 Å². The molecule has 0 bridgehead atoms. The Labute approximate surface area is 157 Å². The predicted octanol–water partition coefficient (Wildman–Crippen LogP) is 4.52. The van der Waals surface area contributed by atoms with E-state index in [4.69, 9.17) is 0 Å². The van der Waals surface area contributed by atoms with Crippen molar-refractivity contribution in [3.8, 4) is 0 Å². The van der Waals surface area contributed by atoms with Gasteiger partial charge in [-0.1, -0.05) is 49.6 Å². The third-order valence-electron chi connectivity index (χ3n) is 5.80. The average molecular weight is 367 g/mol. The number of amides is 1. The molecule has 5 heteroatoms. The lowest BCUT2D eigenvalue weighted by molar-refractivity contribution is -0.141. The molecule has 4 nitrogen and oxygen atoms in total. The van der Waals surface area contributed by atoms with Crippen LogP contribution >= 0.6 is 0 Å². The lowest BCUT2D eigenvalue weighted by atomic mass is 9.77. The predicted molar refractivity (Wildman–Crippen MR) is 99.0 cm³/mol. The summed E-state index contributed by atoms with van der Waals surface area (Å²) in [6.07, 6.45) is 4.87. The zero-order valence-electron chi connectivity index (χ0n) is 15.0. The summed E-state index contributed by atoms with van der Waals surface area (Å²) in [5.41, 5.74) is 1.50. The van der Waals surface area contributed by atoms with Gasteiger partial charge in [-0.05, 0) is 42.2 Å². The number of hydrogen-bond donors (Lipinski definition) is 1. The number of nitrogens with zero attached hydrogens (tertiary/aromatic N) is 1. The lowest BCUT2D eigenvalue weighted by Crippen LogP contribution is -2.50. The first-order chi connectivity index (χ1) is 13.1. The van der Waals surface area contributed by atoms with Crippen LogP contribution in [0.15, 0.2) is 48.5 Å². The molecule has 2 atom stereocenters. The average Bonchev–Trinajstić information content (AvgIpc) is 2.68. The van der Waals surface area contributed by atoms with Gasteiger partial charge in [0.05, 0.1) is 6.04 Å². The first-order valence-corrected chi connectivity index (χ1v) is 9.48. The molecule has 2 aromatic carbocycles. The molecule has 1 N–H and O–H groups in total. The molecule has 1 heterocycles. The highest BCUT2D eigenvalue weighted by Gasteiger charge is 2.46. The number of rotatable bonds is 3. The number of aliphatic carboxylic acids is 1. The highest BCUT2D eigenvalue weighted by atomic mass is 19.1. The van der Waals surface area contributed by atoms with Gasteiger partial charge in [-0.25, -0.2) is 4.39 Å². The summed E-state index contributed by atoms with van der Waals surface area (Å²) in [6, 6.07) is 12.2. The van der Waals surface area contributed by atoms with E-state index in [-0.39, 0.29) is 11.9 Å². The number of hydrogen-bond acceptors (Lipinski definition) is 2. The molecule has 1 amide bonds. The molecule has 1 fully saturated rings. The van der Waals surface area contributed by atoms with E-state index in [1.165, 1.54) is 12.1 Å². The van der Waals surface area contributed by atoms with Crippen LogP contribution in [0, 0.1) is 5.82 Å². The smallest absolute Gasteiger partial charge is 0.313 e. The standard InChI is InChI=1S/C22H22FNO3/c23-15-8-6-7-14(13-15)20-19(22(26)27)17-11-4-5-12-18(17)21(25)24(20)16-9-2-1-3-10-16/h4-8,11-13,16,19-20H,1-3,9-10H2,(H,26,27)/t19-,20-/m1/s1. The maximum absolute atomic E-state index is 14.0. The van der Waals surface area contributed by atoms with Crippen molar-refractivity contribution < 1.29 is 19.1 Å². The second-order valence-electron chi connectivity index (χ2n) is 7.41. The van der Waals surface area contributed by atoms with Crippen LogP contribution in [-0.4, -0.2) is 27.9 Å². The van der Waals surface area contributed by atoms with Crippen LogP contribution in [0.25, 0.3) is 0 Å². The van der Waals surface area contributed by atoms with Crippen LogP contribution in [0.3, 0.4) is 0 Å². The molecular weight excluding hydrogens is 345 g/mol. The number of carboxylic acid groups (broad SMARTS) is 1. The van der Waals surface area contributed by atoms with Crippen molar-refractivity contribution in [3.63, 3.8) is 0 Å². The van der Waals surface area contributed by atoms with Crippen LogP contribution in [0.2, 0.25) is 0 Å². The summed E-state index contributed by atoms with van der Waals surface area (Å²) in [5, 5.41) is 10.1. The fraction of sp³-hybridized carbons (Fsp3) is 0.364. The minimum Gasteiger partial charge on any atom is -0.481 e. The van der Waals surface area contributed by atoms with Gasteiger partial charge in [0.1, 0.15) is 11.7 Å². The van der Waals surface area contributed by atoms with Gasteiger partial charge in [0.2, 0.25) is 0 Å². The summed E-state index contributed by atoms with van der Waals surface area (Å²) < 4.78 is 14.0. The quantitative estimate of drug-likeness (QED) is 0.867. The molecule has 0 saturated heterocycles. The largest absolute Gasteiger partial charge is 0.481 e. The van der Waals surface area contributed by atoms with E-state index in [9.17, 15) is 19.1 Å². The fourth-order valence-corrected chi connectivity index (χ4v) is 4.62. The summed E-state index contributed by atoms with van der Waals surface area (Å²) in [4.78, 5) is 27.4. The summed E-state index contributed by atoms with van der Waals surface area (Å²) in [5.74, 6) is -2.48.